The van der Waals surface area contributed by atoms with E-state index in [2.05, 4.69) is 6.92 Å². The number of fused-ring (bicyclic) bond motifs is 4. The third-order valence-corrected chi connectivity index (χ3v) is 10.0. The molecule has 0 aromatic rings. The van der Waals surface area contributed by atoms with Gasteiger partial charge in [0, 0.05) is 0 Å². The quantitative estimate of drug-likeness (QED) is 0.684. The van der Waals surface area contributed by atoms with Crippen LogP contribution in [-0.2, 0) is 0 Å². The van der Waals surface area contributed by atoms with Crippen LogP contribution >= 0.6 is 0 Å². The van der Waals surface area contributed by atoms with Crippen molar-refractivity contribution >= 4 is 0 Å². The number of aliphatic hydroxyl groups excluding tert-OH is 2. The average molecular weight is 333 g/mol. The maximum atomic E-state index is 10.6. The number of aliphatic hydroxyl groups is 2. The molecule has 5 rings (SSSR count). The summed E-state index contributed by atoms with van der Waals surface area (Å²) in [7, 11) is 0. The Balaban J connectivity index is 1.45. The third-order valence-electron chi connectivity index (χ3n) is 10.0. The molecule has 9 atom stereocenters. The Kier molecular flexibility index (Phi) is 3.67. The summed E-state index contributed by atoms with van der Waals surface area (Å²) < 4.78 is 0. The Morgan fingerprint density at radius 3 is 2.46 bits per heavy atom. The fraction of sp³-hybridized carbons (Fsp3) is 1.00. The molecule has 0 heterocycles. The zero-order chi connectivity index (χ0) is 16.5. The van der Waals surface area contributed by atoms with Crippen molar-refractivity contribution in [1.82, 2.24) is 0 Å². The number of hydrogen-bond acceptors (Lipinski definition) is 2. The summed E-state index contributed by atoms with van der Waals surface area (Å²) in [4.78, 5) is 0. The lowest BCUT2D eigenvalue weighted by Gasteiger charge is -2.62. The topological polar surface area (TPSA) is 40.5 Å². The van der Waals surface area contributed by atoms with Crippen molar-refractivity contribution in [3.8, 4) is 0 Å². The smallest absolute Gasteiger partial charge is 0.0573 e. The molecule has 136 valence electrons. The second-order valence-corrected chi connectivity index (χ2v) is 10.5. The van der Waals surface area contributed by atoms with E-state index in [0.29, 0.717) is 16.7 Å². The van der Waals surface area contributed by atoms with Gasteiger partial charge in [-0.15, -0.1) is 0 Å². The van der Waals surface area contributed by atoms with Gasteiger partial charge in [0.1, 0.15) is 0 Å². The van der Waals surface area contributed by atoms with Crippen LogP contribution in [0.1, 0.15) is 84.0 Å². The monoisotopic (exact) mass is 332 g/mol. The van der Waals surface area contributed by atoms with Crippen molar-refractivity contribution < 1.29 is 10.2 Å². The highest BCUT2D eigenvalue weighted by Gasteiger charge is 2.62. The van der Waals surface area contributed by atoms with Crippen LogP contribution in [0.25, 0.3) is 0 Å². The summed E-state index contributed by atoms with van der Waals surface area (Å²) in [6.07, 6.45) is 15.3. The van der Waals surface area contributed by atoms with E-state index in [1.54, 1.807) is 0 Å². The lowest BCUT2D eigenvalue weighted by molar-refractivity contribution is -0.147. The molecule has 0 saturated heterocycles. The Labute approximate surface area is 147 Å². The lowest BCUT2D eigenvalue weighted by Crippen LogP contribution is -2.55. The predicted octanol–water partition coefficient (Wildman–Crippen LogP) is 4.53. The van der Waals surface area contributed by atoms with Gasteiger partial charge in [0.25, 0.3) is 0 Å². The van der Waals surface area contributed by atoms with Crippen molar-refractivity contribution in [3.63, 3.8) is 0 Å². The van der Waals surface area contributed by atoms with E-state index in [1.807, 2.05) is 0 Å². The van der Waals surface area contributed by atoms with E-state index in [4.69, 9.17) is 0 Å². The molecule has 24 heavy (non-hydrogen) atoms. The van der Waals surface area contributed by atoms with Gasteiger partial charge in [-0.25, -0.2) is 0 Å². The van der Waals surface area contributed by atoms with Crippen molar-refractivity contribution in [2.45, 2.75) is 96.2 Å². The molecule has 1 spiro atoms. The maximum absolute atomic E-state index is 10.6. The van der Waals surface area contributed by atoms with Gasteiger partial charge >= 0.3 is 0 Å². The molecule has 0 bridgehead atoms. The minimum absolute atomic E-state index is 0.00273. The Morgan fingerprint density at radius 1 is 0.750 bits per heavy atom. The molecule has 0 aliphatic heterocycles. The van der Waals surface area contributed by atoms with Crippen LogP contribution in [0.3, 0.4) is 0 Å². The highest BCUT2D eigenvalue weighted by Crippen LogP contribution is 2.70. The molecule has 2 nitrogen and oxygen atoms in total. The first-order chi connectivity index (χ1) is 11.5. The standard InChI is InChI=1S/C22H36O2/c1-21-11-8-15(23)13-14(21)4-5-16-17(21)9-12-22-10-2-3-20(24)19(22)7-6-18(16)22/h14-20,23-24H,2-13H2,1H3/t14-,15+,16?,17?,18?,19?,20+,21-,22-/m0/s1. The molecule has 5 saturated carbocycles. The molecule has 5 aliphatic carbocycles. The second kappa shape index (κ2) is 5.46. The third kappa shape index (κ3) is 2.02. The second-order valence-electron chi connectivity index (χ2n) is 10.5. The van der Waals surface area contributed by atoms with Crippen LogP contribution in [0.5, 0.6) is 0 Å². The molecule has 0 aromatic heterocycles. The van der Waals surface area contributed by atoms with Crippen molar-refractivity contribution in [2.75, 3.05) is 0 Å². The summed E-state index contributed by atoms with van der Waals surface area (Å²) in [6, 6.07) is 0. The number of hydrogen-bond donors (Lipinski definition) is 2. The van der Waals surface area contributed by atoms with Crippen LogP contribution < -0.4 is 0 Å². The van der Waals surface area contributed by atoms with Gasteiger partial charge in [-0.2, -0.15) is 0 Å². The SMILES string of the molecule is C[C@]12CC[C@@H](O)C[C@@H]1CCC1C3CCC4[C@H](O)CCC[C@]34CCC12. The lowest BCUT2D eigenvalue weighted by atomic mass is 9.43. The van der Waals surface area contributed by atoms with Gasteiger partial charge in [0.2, 0.25) is 0 Å². The molecule has 0 radical (unpaired) electrons. The fourth-order valence-electron chi connectivity index (χ4n) is 9.00. The summed E-state index contributed by atoms with van der Waals surface area (Å²) in [5.74, 6) is 4.12. The highest BCUT2D eigenvalue weighted by atomic mass is 16.3. The molecule has 2 N–H and O–H groups in total. The minimum Gasteiger partial charge on any atom is -0.393 e. The van der Waals surface area contributed by atoms with Crippen molar-refractivity contribution in [3.05, 3.63) is 0 Å². The fourth-order valence-corrected chi connectivity index (χ4v) is 9.00. The van der Waals surface area contributed by atoms with Crippen molar-refractivity contribution in [1.29, 1.82) is 0 Å². The Hall–Kier alpha value is -0.0800. The van der Waals surface area contributed by atoms with Gasteiger partial charge in [-0.1, -0.05) is 13.3 Å². The van der Waals surface area contributed by atoms with Crippen LogP contribution in [0.4, 0.5) is 0 Å². The maximum Gasteiger partial charge on any atom is 0.0573 e. The van der Waals surface area contributed by atoms with E-state index >= 15 is 0 Å². The van der Waals surface area contributed by atoms with E-state index in [0.717, 1.165) is 42.9 Å². The molecule has 4 unspecified atom stereocenters. The van der Waals surface area contributed by atoms with E-state index in [1.165, 1.54) is 57.8 Å². The summed E-state index contributed by atoms with van der Waals surface area (Å²) >= 11 is 0. The van der Waals surface area contributed by atoms with Crippen molar-refractivity contribution in [2.24, 2.45) is 40.4 Å². The minimum atomic E-state index is -0.0288. The van der Waals surface area contributed by atoms with E-state index in [9.17, 15) is 10.2 Å². The average Bonchev–Trinajstić information content (AvgIpc) is 2.96. The molecule has 2 heteroatoms. The first kappa shape index (κ1) is 16.1. The zero-order valence-electron chi connectivity index (χ0n) is 15.4. The highest BCUT2D eigenvalue weighted by molar-refractivity contribution is 5.12. The largest absolute Gasteiger partial charge is 0.393 e. The summed E-state index contributed by atoms with van der Waals surface area (Å²) in [5.41, 5.74) is 1.01. The van der Waals surface area contributed by atoms with Gasteiger partial charge in [0.05, 0.1) is 12.2 Å². The van der Waals surface area contributed by atoms with Crippen LogP contribution in [0.15, 0.2) is 0 Å². The van der Waals surface area contributed by atoms with Crippen LogP contribution in [0.2, 0.25) is 0 Å². The van der Waals surface area contributed by atoms with Crippen LogP contribution in [0, 0.1) is 40.4 Å². The molecule has 0 aromatic carbocycles. The normalized spacial score (nSPS) is 59.9. The summed E-state index contributed by atoms with van der Waals surface area (Å²) in [5, 5.41) is 20.8. The van der Waals surface area contributed by atoms with E-state index < -0.39 is 0 Å². The molecule has 0 amide bonds. The molecular weight excluding hydrogens is 296 g/mol. The summed E-state index contributed by atoms with van der Waals surface area (Å²) in [6.45, 7) is 2.58. The first-order valence-corrected chi connectivity index (χ1v) is 10.9. The van der Waals surface area contributed by atoms with Crippen LogP contribution in [-0.4, -0.2) is 22.4 Å². The van der Waals surface area contributed by atoms with Gasteiger partial charge in [-0.3, -0.25) is 0 Å². The van der Waals surface area contributed by atoms with E-state index in [-0.39, 0.29) is 12.2 Å². The first-order valence-electron chi connectivity index (χ1n) is 10.9. The van der Waals surface area contributed by atoms with Gasteiger partial charge in [-0.05, 0) is 111 Å². The molecular formula is C22H36O2. The molecule has 5 fully saturated rings. The Morgan fingerprint density at radius 2 is 1.58 bits per heavy atom. The van der Waals surface area contributed by atoms with Gasteiger partial charge in [0.15, 0.2) is 0 Å². The molecule has 5 aliphatic rings. The Bertz CT molecular complexity index is 504. The number of rotatable bonds is 0. The zero-order valence-corrected chi connectivity index (χ0v) is 15.4. The van der Waals surface area contributed by atoms with Gasteiger partial charge < -0.3 is 10.2 Å². The predicted molar refractivity (Wildman–Crippen MR) is 95.4 cm³/mol.